The van der Waals surface area contributed by atoms with E-state index in [1.54, 1.807) is 11.8 Å². The molecule has 1 aliphatic rings. The Morgan fingerprint density at radius 2 is 1.67 bits per heavy atom. The number of carbonyl (C=O) groups excluding carboxylic acids is 2. The maximum atomic E-state index is 12.4. The summed E-state index contributed by atoms with van der Waals surface area (Å²) in [6.45, 7) is 20.0. The van der Waals surface area contributed by atoms with Crippen LogP contribution >= 0.6 is 0 Å². The van der Waals surface area contributed by atoms with Gasteiger partial charge in [0.1, 0.15) is 11.4 Å². The van der Waals surface area contributed by atoms with Crippen molar-refractivity contribution in [3.05, 3.63) is 22.9 Å². The first-order valence-electron chi connectivity index (χ1n) is 10.8. The van der Waals surface area contributed by atoms with Crippen LogP contribution in [-0.2, 0) is 9.53 Å². The Bertz CT molecular complexity index is 777. The molecular formula is C23H38N4O3. The molecule has 2 amide bonds. The minimum absolute atomic E-state index is 0.0522. The van der Waals surface area contributed by atoms with E-state index in [0.717, 1.165) is 22.6 Å². The lowest BCUT2D eigenvalue weighted by Gasteiger charge is -2.39. The Kier molecular flexibility index (Phi) is 7.37. The van der Waals surface area contributed by atoms with Gasteiger partial charge >= 0.3 is 6.09 Å². The Balaban J connectivity index is 2.27. The van der Waals surface area contributed by atoms with Gasteiger partial charge in [-0.1, -0.05) is 0 Å². The summed E-state index contributed by atoms with van der Waals surface area (Å²) in [5.41, 5.74) is 2.64. The van der Waals surface area contributed by atoms with Crippen LogP contribution < -0.4 is 4.90 Å². The maximum absolute atomic E-state index is 12.4. The van der Waals surface area contributed by atoms with E-state index >= 15 is 0 Å². The van der Waals surface area contributed by atoms with Crippen LogP contribution in [0.1, 0.15) is 71.3 Å². The molecule has 1 aliphatic heterocycles. The van der Waals surface area contributed by atoms with Crippen molar-refractivity contribution in [3.8, 4) is 0 Å². The molecular weight excluding hydrogens is 380 g/mol. The van der Waals surface area contributed by atoms with Crippen molar-refractivity contribution in [2.45, 2.75) is 80.0 Å². The van der Waals surface area contributed by atoms with Gasteiger partial charge in [-0.05, 0) is 67.0 Å². The molecule has 1 saturated heterocycles. The number of hydrogen-bond donors (Lipinski definition) is 0. The first kappa shape index (κ1) is 24.0. The van der Waals surface area contributed by atoms with E-state index in [4.69, 9.17) is 9.72 Å². The lowest BCUT2D eigenvalue weighted by atomic mass is 10.0. The fourth-order valence-corrected chi connectivity index (χ4v) is 3.94. The molecule has 2 rings (SSSR count). The fraction of sp³-hybridized carbons (Fsp3) is 0.696. The molecule has 30 heavy (non-hydrogen) atoms. The monoisotopic (exact) mass is 418 g/mol. The number of aryl methyl sites for hydroxylation is 2. The van der Waals surface area contributed by atoms with Crippen LogP contribution in [0.15, 0.2) is 6.07 Å². The van der Waals surface area contributed by atoms with Crippen molar-refractivity contribution in [1.82, 2.24) is 14.8 Å². The first-order chi connectivity index (χ1) is 13.8. The van der Waals surface area contributed by atoms with Crippen molar-refractivity contribution < 1.29 is 14.3 Å². The summed E-state index contributed by atoms with van der Waals surface area (Å²) >= 11 is 0. The fourth-order valence-electron chi connectivity index (χ4n) is 3.94. The first-order valence-corrected chi connectivity index (χ1v) is 10.8. The topological polar surface area (TPSA) is 66.0 Å². The highest BCUT2D eigenvalue weighted by molar-refractivity contribution is 5.74. The Labute approximate surface area is 181 Å². The molecule has 0 bridgehead atoms. The van der Waals surface area contributed by atoms with Crippen LogP contribution in [-0.4, -0.2) is 64.6 Å². The zero-order valence-electron chi connectivity index (χ0n) is 20.1. The van der Waals surface area contributed by atoms with Crippen LogP contribution in [0, 0.1) is 13.8 Å². The van der Waals surface area contributed by atoms with Gasteiger partial charge in [-0.25, -0.2) is 9.78 Å². The normalized spacial score (nSPS) is 15.9. The smallest absolute Gasteiger partial charge is 0.410 e. The second-order valence-electron chi connectivity index (χ2n) is 9.45. The van der Waals surface area contributed by atoms with Crippen molar-refractivity contribution >= 4 is 17.8 Å². The van der Waals surface area contributed by atoms with E-state index in [1.807, 2.05) is 46.4 Å². The number of anilines is 1. The quantitative estimate of drug-likeness (QED) is 0.737. The molecule has 0 aliphatic carbocycles. The van der Waals surface area contributed by atoms with Gasteiger partial charge in [0.2, 0.25) is 5.91 Å². The van der Waals surface area contributed by atoms with E-state index < -0.39 is 5.60 Å². The van der Waals surface area contributed by atoms with Crippen LogP contribution in [0.2, 0.25) is 0 Å². The highest BCUT2D eigenvalue weighted by atomic mass is 16.6. The van der Waals surface area contributed by atoms with E-state index in [0.29, 0.717) is 26.2 Å². The number of rotatable bonds is 4. The van der Waals surface area contributed by atoms with Gasteiger partial charge in [0, 0.05) is 50.4 Å². The summed E-state index contributed by atoms with van der Waals surface area (Å²) in [5, 5.41) is 0. The predicted octanol–water partition coefficient (Wildman–Crippen LogP) is 4.07. The number of ether oxygens (including phenoxy) is 1. The van der Waals surface area contributed by atoms with Gasteiger partial charge in [0.15, 0.2) is 0 Å². The van der Waals surface area contributed by atoms with E-state index in [2.05, 4.69) is 24.8 Å². The van der Waals surface area contributed by atoms with Crippen LogP contribution in [0.5, 0.6) is 0 Å². The predicted molar refractivity (Wildman–Crippen MR) is 120 cm³/mol. The second-order valence-corrected chi connectivity index (χ2v) is 9.45. The molecule has 7 nitrogen and oxygen atoms in total. The van der Waals surface area contributed by atoms with E-state index in [1.165, 1.54) is 0 Å². The van der Waals surface area contributed by atoms with Crippen LogP contribution in [0.25, 0.3) is 0 Å². The summed E-state index contributed by atoms with van der Waals surface area (Å²) in [6, 6.07) is 2.16. The Morgan fingerprint density at radius 1 is 1.10 bits per heavy atom. The molecule has 1 atom stereocenters. The maximum Gasteiger partial charge on any atom is 0.410 e. The Morgan fingerprint density at radius 3 is 2.13 bits per heavy atom. The van der Waals surface area contributed by atoms with Crippen molar-refractivity contribution in [1.29, 1.82) is 0 Å². The molecule has 2 heterocycles. The summed E-state index contributed by atoms with van der Waals surface area (Å²) in [7, 11) is 0. The van der Waals surface area contributed by atoms with Gasteiger partial charge in [-0.3, -0.25) is 4.79 Å². The third kappa shape index (κ3) is 5.64. The van der Waals surface area contributed by atoms with Crippen molar-refractivity contribution in [3.63, 3.8) is 0 Å². The molecule has 0 aromatic carbocycles. The number of amides is 2. The minimum Gasteiger partial charge on any atom is -0.444 e. The number of piperazine rings is 1. The molecule has 0 spiro atoms. The Hall–Kier alpha value is -2.31. The van der Waals surface area contributed by atoms with Crippen LogP contribution in [0.4, 0.5) is 10.6 Å². The molecule has 7 heteroatoms. The van der Waals surface area contributed by atoms with E-state index in [9.17, 15) is 9.59 Å². The zero-order chi connectivity index (χ0) is 22.8. The number of carbonyl (C=O) groups is 2. The number of pyridine rings is 1. The van der Waals surface area contributed by atoms with Gasteiger partial charge in [-0.15, -0.1) is 0 Å². The average Bonchev–Trinajstić information content (AvgIpc) is 2.61. The number of hydrogen-bond acceptors (Lipinski definition) is 5. The third-order valence-corrected chi connectivity index (χ3v) is 5.49. The SMILES string of the molecule is CC(=O)N(C(C)C)[C@H](C)c1cc(C)c(C)nc1N1CCN(C(=O)OC(C)(C)C)CC1. The molecule has 0 radical (unpaired) electrons. The van der Waals surface area contributed by atoms with Crippen molar-refractivity contribution in [2.75, 3.05) is 31.1 Å². The summed E-state index contributed by atoms with van der Waals surface area (Å²) in [4.78, 5) is 35.5. The lowest BCUT2D eigenvalue weighted by Crippen LogP contribution is -2.50. The van der Waals surface area contributed by atoms with Gasteiger partial charge in [0.05, 0.1) is 6.04 Å². The molecule has 0 saturated carbocycles. The highest BCUT2D eigenvalue weighted by Gasteiger charge is 2.30. The largest absolute Gasteiger partial charge is 0.444 e. The minimum atomic E-state index is -0.501. The van der Waals surface area contributed by atoms with Crippen LogP contribution in [0.3, 0.4) is 0 Å². The highest BCUT2D eigenvalue weighted by Crippen LogP contribution is 2.32. The van der Waals surface area contributed by atoms with E-state index in [-0.39, 0.29) is 24.1 Å². The van der Waals surface area contributed by atoms with Gasteiger partial charge in [0.25, 0.3) is 0 Å². The lowest BCUT2D eigenvalue weighted by molar-refractivity contribution is -0.132. The summed E-state index contributed by atoms with van der Waals surface area (Å²) in [5.74, 6) is 0.956. The number of aromatic nitrogens is 1. The molecule has 1 aromatic heterocycles. The standard InChI is InChI=1S/C23H38N4O3/c1-15(2)27(19(6)28)18(5)20-14-16(3)17(4)24-21(20)25-10-12-26(13-11-25)22(29)30-23(7,8)9/h14-15,18H,10-13H2,1-9H3/t18-/m1/s1. The second kappa shape index (κ2) is 9.23. The zero-order valence-corrected chi connectivity index (χ0v) is 20.1. The van der Waals surface area contributed by atoms with Gasteiger partial charge < -0.3 is 19.4 Å². The number of nitrogens with zero attached hydrogens (tertiary/aromatic N) is 4. The molecule has 1 aromatic rings. The van der Waals surface area contributed by atoms with Gasteiger partial charge in [-0.2, -0.15) is 0 Å². The molecule has 0 N–H and O–H groups in total. The molecule has 0 unspecified atom stereocenters. The molecule has 168 valence electrons. The average molecular weight is 419 g/mol. The summed E-state index contributed by atoms with van der Waals surface area (Å²) in [6.07, 6.45) is -0.272. The summed E-state index contributed by atoms with van der Waals surface area (Å²) < 4.78 is 5.51. The van der Waals surface area contributed by atoms with Crippen molar-refractivity contribution in [2.24, 2.45) is 0 Å². The third-order valence-electron chi connectivity index (χ3n) is 5.49. The molecule has 1 fully saturated rings.